The Morgan fingerprint density at radius 3 is 2.68 bits per heavy atom. The molecule has 114 valence electrons. The SMILES string of the molecule is CN(C)c1ccc2c(c1)C1C(=O)[N+](O)(OC(N)=O)C(=O)C1=N2. The molecule has 0 aliphatic carbocycles. The Morgan fingerprint density at radius 2 is 2.09 bits per heavy atom. The largest absolute Gasteiger partial charge is 0.465 e. The molecule has 2 heterocycles. The second kappa shape index (κ2) is 4.36. The van der Waals surface area contributed by atoms with Crippen molar-refractivity contribution in [3.05, 3.63) is 23.8 Å². The van der Waals surface area contributed by atoms with E-state index in [1.807, 2.05) is 19.0 Å². The van der Waals surface area contributed by atoms with Gasteiger partial charge in [0.25, 0.3) is 0 Å². The van der Waals surface area contributed by atoms with E-state index in [0.29, 0.717) is 11.3 Å². The highest BCUT2D eigenvalue weighted by Gasteiger charge is 2.68. The molecule has 3 N–H and O–H groups in total. The molecule has 1 aromatic carbocycles. The molecule has 0 bridgehead atoms. The van der Waals surface area contributed by atoms with E-state index in [0.717, 1.165) is 5.69 Å². The van der Waals surface area contributed by atoms with Gasteiger partial charge in [0.1, 0.15) is 4.81 Å². The minimum Gasteiger partial charge on any atom is -0.378 e. The topological polar surface area (TPSA) is 122 Å². The van der Waals surface area contributed by atoms with Crippen molar-refractivity contribution in [3.63, 3.8) is 0 Å². The van der Waals surface area contributed by atoms with Crippen LogP contribution in [-0.2, 0) is 14.4 Å². The number of anilines is 1. The van der Waals surface area contributed by atoms with Gasteiger partial charge in [-0.3, -0.25) is 0 Å². The Hall–Kier alpha value is -2.78. The quantitative estimate of drug-likeness (QED) is 0.457. The molecule has 0 spiro atoms. The Morgan fingerprint density at radius 1 is 1.41 bits per heavy atom. The molecule has 9 heteroatoms. The number of amides is 3. The van der Waals surface area contributed by atoms with E-state index in [-0.39, 0.29) is 5.71 Å². The highest BCUT2D eigenvalue weighted by atomic mass is 17.0. The summed E-state index contributed by atoms with van der Waals surface area (Å²) in [5.74, 6) is -3.21. The van der Waals surface area contributed by atoms with Crippen molar-refractivity contribution in [2.24, 2.45) is 10.7 Å². The van der Waals surface area contributed by atoms with Crippen LogP contribution in [0.1, 0.15) is 11.5 Å². The molecule has 22 heavy (non-hydrogen) atoms. The van der Waals surface area contributed by atoms with Gasteiger partial charge in [-0.1, -0.05) is 0 Å². The predicted molar refractivity (Wildman–Crippen MR) is 73.3 cm³/mol. The second-order valence-corrected chi connectivity index (χ2v) is 5.20. The molecule has 2 aliphatic heterocycles. The summed E-state index contributed by atoms with van der Waals surface area (Å²) in [4.78, 5) is 43.4. The van der Waals surface area contributed by atoms with Crippen LogP contribution in [0.15, 0.2) is 23.2 Å². The van der Waals surface area contributed by atoms with Gasteiger partial charge in [0.15, 0.2) is 11.6 Å². The number of carbonyl (C=O) groups excluding carboxylic acids is 3. The zero-order valence-corrected chi connectivity index (χ0v) is 11.8. The molecule has 1 aromatic rings. The molecule has 2 unspecified atom stereocenters. The van der Waals surface area contributed by atoms with Gasteiger partial charge in [-0.2, -0.15) is 5.21 Å². The molecule has 1 fully saturated rings. The van der Waals surface area contributed by atoms with Gasteiger partial charge in [0, 0.05) is 25.3 Å². The van der Waals surface area contributed by atoms with E-state index in [4.69, 9.17) is 5.73 Å². The van der Waals surface area contributed by atoms with Gasteiger partial charge >= 0.3 is 17.9 Å². The van der Waals surface area contributed by atoms with E-state index in [1.165, 1.54) is 0 Å². The van der Waals surface area contributed by atoms with Crippen LogP contribution >= 0.6 is 0 Å². The average Bonchev–Trinajstić information content (AvgIpc) is 2.89. The molecule has 3 amide bonds. The van der Waals surface area contributed by atoms with Crippen LogP contribution in [-0.4, -0.2) is 47.7 Å². The lowest BCUT2D eigenvalue weighted by Gasteiger charge is -2.16. The summed E-state index contributed by atoms with van der Waals surface area (Å²) in [5, 5.41) is 10.0. The van der Waals surface area contributed by atoms with Crippen LogP contribution in [0.3, 0.4) is 0 Å². The van der Waals surface area contributed by atoms with Crippen LogP contribution in [0.4, 0.5) is 16.2 Å². The van der Waals surface area contributed by atoms with Crippen molar-refractivity contribution in [1.29, 1.82) is 0 Å². The van der Waals surface area contributed by atoms with E-state index in [2.05, 4.69) is 9.83 Å². The number of hydrogen-bond donors (Lipinski definition) is 2. The van der Waals surface area contributed by atoms with Crippen molar-refractivity contribution in [2.45, 2.75) is 5.92 Å². The minimum atomic E-state index is -2.13. The maximum Gasteiger partial charge on any atom is 0.465 e. The Bertz CT molecular complexity index is 757. The number of hydroxylamine groups is 4. The monoisotopic (exact) mass is 305 g/mol. The van der Waals surface area contributed by atoms with Crippen LogP contribution in [0, 0.1) is 0 Å². The lowest BCUT2D eigenvalue weighted by molar-refractivity contribution is -1.11. The number of primary amides is 1. The number of nitrogens with two attached hydrogens (primary N) is 1. The highest BCUT2D eigenvalue weighted by molar-refractivity contribution is 6.48. The van der Waals surface area contributed by atoms with Crippen molar-refractivity contribution in [2.75, 3.05) is 19.0 Å². The molecule has 0 aromatic heterocycles. The van der Waals surface area contributed by atoms with Gasteiger partial charge in [0.2, 0.25) is 0 Å². The van der Waals surface area contributed by atoms with E-state index in [9.17, 15) is 19.6 Å². The highest BCUT2D eigenvalue weighted by Crippen LogP contribution is 2.44. The summed E-state index contributed by atoms with van der Waals surface area (Å²) in [6.07, 6.45) is -1.44. The first-order valence-electron chi connectivity index (χ1n) is 6.35. The van der Waals surface area contributed by atoms with Crippen LogP contribution < -0.4 is 10.6 Å². The summed E-state index contributed by atoms with van der Waals surface area (Å²) >= 11 is 0. The fraction of sp³-hybridized carbons (Fsp3) is 0.231. The average molecular weight is 305 g/mol. The minimum absolute atomic E-state index is 0.167. The normalized spacial score (nSPS) is 25.6. The Labute approximate surface area is 124 Å². The van der Waals surface area contributed by atoms with E-state index < -0.39 is 28.6 Å². The summed E-state index contributed by atoms with van der Waals surface area (Å²) in [7, 11) is 3.64. The Balaban J connectivity index is 2.09. The molecule has 9 nitrogen and oxygen atoms in total. The third-order valence-corrected chi connectivity index (χ3v) is 3.62. The zero-order valence-electron chi connectivity index (χ0n) is 11.8. The number of imide groups is 1. The standard InChI is InChI=1S/C13H12N4O5/c1-16(2)6-3-4-8-7(5-6)9-10(15-8)12(19)17(21,11(9)18)22-13(14)20/h3-5,9,21H,1-2H3,(H-,14,20)/p+1. The van der Waals surface area contributed by atoms with Gasteiger partial charge in [-0.15, -0.1) is 0 Å². The van der Waals surface area contributed by atoms with Crippen molar-refractivity contribution >= 4 is 35.0 Å². The fourth-order valence-electron chi connectivity index (χ4n) is 2.56. The van der Waals surface area contributed by atoms with Crippen LogP contribution in [0.25, 0.3) is 0 Å². The molecular formula is C13H13N4O5+. The lowest BCUT2D eigenvalue weighted by atomic mass is 9.97. The van der Waals surface area contributed by atoms with Gasteiger partial charge in [-0.05, 0) is 18.2 Å². The maximum atomic E-state index is 12.4. The van der Waals surface area contributed by atoms with Crippen LogP contribution in [0.5, 0.6) is 0 Å². The first-order chi connectivity index (χ1) is 10.3. The van der Waals surface area contributed by atoms with Crippen molar-refractivity contribution in [3.8, 4) is 0 Å². The molecule has 0 saturated carbocycles. The third kappa shape index (κ3) is 1.73. The number of rotatable bonds is 2. The van der Waals surface area contributed by atoms with Crippen molar-refractivity contribution in [1.82, 2.24) is 0 Å². The molecule has 2 aliphatic rings. The number of aliphatic imine (C=N–C) groups is 1. The number of carbonyl (C=O) groups is 3. The van der Waals surface area contributed by atoms with Crippen LogP contribution in [0.2, 0.25) is 0 Å². The Kier molecular flexibility index (Phi) is 2.81. The molecule has 1 saturated heterocycles. The van der Waals surface area contributed by atoms with Crippen molar-refractivity contribution < 1.29 is 29.2 Å². The number of hydrogen-bond acceptors (Lipinski definition) is 7. The van der Waals surface area contributed by atoms with E-state index >= 15 is 0 Å². The first-order valence-corrected chi connectivity index (χ1v) is 6.35. The number of nitrogens with zero attached hydrogens (tertiary/aromatic N) is 3. The van der Waals surface area contributed by atoms with Gasteiger partial charge in [0.05, 0.1) is 5.69 Å². The number of fused-ring (bicyclic) bond motifs is 3. The molecule has 0 radical (unpaired) electrons. The molecule has 3 rings (SSSR count). The number of quaternary nitrogens is 1. The summed E-state index contributed by atoms with van der Waals surface area (Å²) < 4.78 is 0. The lowest BCUT2D eigenvalue weighted by Crippen LogP contribution is -2.53. The molecular weight excluding hydrogens is 292 g/mol. The summed E-state index contributed by atoms with van der Waals surface area (Å²) in [5.41, 5.74) is 6.38. The molecule has 2 atom stereocenters. The van der Waals surface area contributed by atoms with Gasteiger partial charge in [-0.25, -0.2) is 24.2 Å². The smallest absolute Gasteiger partial charge is 0.378 e. The summed E-state index contributed by atoms with van der Waals surface area (Å²) in [6, 6.07) is 5.17. The fourth-order valence-corrected chi connectivity index (χ4v) is 2.56. The summed E-state index contributed by atoms with van der Waals surface area (Å²) in [6.45, 7) is 0. The number of benzene rings is 1. The second-order valence-electron chi connectivity index (χ2n) is 5.20. The van der Waals surface area contributed by atoms with Gasteiger partial charge < -0.3 is 10.6 Å². The predicted octanol–water partition coefficient (Wildman–Crippen LogP) is 0.205. The van der Waals surface area contributed by atoms with E-state index in [1.54, 1.807) is 18.2 Å². The first kappa shape index (κ1) is 14.2. The zero-order chi connectivity index (χ0) is 16.2. The third-order valence-electron chi connectivity index (χ3n) is 3.62. The maximum absolute atomic E-state index is 12.4.